The third-order valence-electron chi connectivity index (χ3n) is 7.55. The number of halogens is 3. The lowest BCUT2D eigenvalue weighted by molar-refractivity contribution is -0.137. The highest BCUT2D eigenvalue weighted by atomic mass is 19.4. The van der Waals surface area contributed by atoms with Gasteiger partial charge in [-0.05, 0) is 61.2 Å². The first-order chi connectivity index (χ1) is 17.1. The molecule has 4 heterocycles. The Hall–Kier alpha value is -3.00. The van der Waals surface area contributed by atoms with Crippen LogP contribution in [-0.2, 0) is 10.9 Å². The highest BCUT2D eigenvalue weighted by Gasteiger charge is 2.41. The number of nitrogens with zero attached hydrogens (tertiary/aromatic N) is 1. The number of hydrogen-bond donors (Lipinski definition) is 1. The topological polar surface area (TPSA) is 50.8 Å². The Morgan fingerprint density at radius 1 is 1.08 bits per heavy atom. The van der Waals surface area contributed by atoms with Gasteiger partial charge >= 0.3 is 12.3 Å². The largest absolute Gasteiger partial charge is 0.493 e. The van der Waals surface area contributed by atoms with Crippen LogP contribution in [0.15, 0.2) is 42.5 Å². The van der Waals surface area contributed by atoms with Crippen LogP contribution in [0.5, 0.6) is 5.75 Å². The molecule has 4 aliphatic heterocycles. The van der Waals surface area contributed by atoms with Gasteiger partial charge in [0.2, 0.25) is 0 Å². The van der Waals surface area contributed by atoms with Crippen molar-refractivity contribution in [1.82, 2.24) is 10.2 Å². The number of carbonyl (C=O) groups excluding carboxylic acids is 1. The molecule has 1 unspecified atom stereocenters. The maximum Gasteiger partial charge on any atom is 0.416 e. The molecule has 2 bridgehead atoms. The molecule has 5 nitrogen and oxygen atoms in total. The molecular formula is C28H31F3N2O3. The molecule has 36 heavy (non-hydrogen) atoms. The minimum Gasteiger partial charge on any atom is -0.493 e. The van der Waals surface area contributed by atoms with Gasteiger partial charge in [0.1, 0.15) is 11.9 Å². The molecule has 3 fully saturated rings. The van der Waals surface area contributed by atoms with Gasteiger partial charge in [-0.1, -0.05) is 50.3 Å². The Morgan fingerprint density at radius 2 is 1.75 bits per heavy atom. The zero-order chi connectivity index (χ0) is 25.5. The zero-order valence-electron chi connectivity index (χ0n) is 20.5. The van der Waals surface area contributed by atoms with Crippen LogP contribution in [0.25, 0.3) is 12.2 Å². The molecule has 0 radical (unpaired) electrons. The lowest BCUT2D eigenvalue weighted by Gasteiger charge is -2.44. The van der Waals surface area contributed by atoms with Crippen molar-refractivity contribution in [2.24, 2.45) is 11.3 Å². The number of alkyl carbamates (subject to hydrolysis) is 1. The highest BCUT2D eigenvalue weighted by Crippen LogP contribution is 2.43. The predicted octanol–water partition coefficient (Wildman–Crippen LogP) is 6.16. The number of ether oxygens (including phenoxy) is 2. The van der Waals surface area contributed by atoms with E-state index in [1.807, 2.05) is 38.1 Å². The first kappa shape index (κ1) is 24.7. The van der Waals surface area contributed by atoms with Gasteiger partial charge in [-0.3, -0.25) is 4.90 Å². The molecule has 0 spiro atoms. The van der Waals surface area contributed by atoms with E-state index in [9.17, 15) is 18.0 Å². The van der Waals surface area contributed by atoms with Gasteiger partial charge < -0.3 is 14.8 Å². The van der Waals surface area contributed by atoms with Gasteiger partial charge in [0.25, 0.3) is 0 Å². The lowest BCUT2D eigenvalue weighted by atomic mass is 9.79. The number of rotatable bonds is 4. The van der Waals surface area contributed by atoms with Gasteiger partial charge in [0.15, 0.2) is 0 Å². The fraction of sp³-hybridized carbons (Fsp3) is 0.464. The quantitative estimate of drug-likeness (QED) is 0.511. The van der Waals surface area contributed by atoms with E-state index in [0.717, 1.165) is 55.7 Å². The van der Waals surface area contributed by atoms with Crippen molar-refractivity contribution in [2.75, 3.05) is 26.2 Å². The minimum absolute atomic E-state index is 0.0624. The summed E-state index contributed by atoms with van der Waals surface area (Å²) in [5.41, 5.74) is 1.39. The SMILES string of the molecule is CC1(C)COc2cc(/C=C/c3ccc(C(F)(F)F)cc3)ccc2C1NC(=O)O[C@H]1CN2CCC1CC2. The van der Waals surface area contributed by atoms with E-state index in [1.54, 1.807) is 6.08 Å². The summed E-state index contributed by atoms with van der Waals surface area (Å²) in [5.74, 6) is 1.12. The van der Waals surface area contributed by atoms with E-state index < -0.39 is 17.8 Å². The molecule has 1 amide bonds. The Balaban J connectivity index is 1.28. The van der Waals surface area contributed by atoms with Crippen molar-refractivity contribution in [1.29, 1.82) is 0 Å². The van der Waals surface area contributed by atoms with Crippen molar-refractivity contribution in [2.45, 2.75) is 45.0 Å². The Kier molecular flexibility index (Phi) is 6.49. The number of alkyl halides is 3. The van der Waals surface area contributed by atoms with Crippen molar-refractivity contribution >= 4 is 18.2 Å². The number of hydrogen-bond acceptors (Lipinski definition) is 4. The molecule has 3 saturated heterocycles. The standard InChI is InChI=1S/C28H31F3N2O3/c1-27(2)17-35-23-15-19(4-3-18-5-8-21(9-6-18)28(29,30)31)7-10-22(23)25(27)32-26(34)36-24-16-33-13-11-20(24)12-14-33/h3-10,15,20,24-25H,11-14,16-17H2,1-2H3,(H,32,34)/b4-3+/t24-,25?/m0/s1. The van der Waals surface area contributed by atoms with E-state index in [2.05, 4.69) is 10.2 Å². The van der Waals surface area contributed by atoms with Gasteiger partial charge in [0, 0.05) is 17.5 Å². The maximum atomic E-state index is 12.9. The number of nitrogens with one attached hydrogen (secondary N) is 1. The van der Waals surface area contributed by atoms with E-state index in [0.29, 0.717) is 23.8 Å². The fourth-order valence-corrected chi connectivity index (χ4v) is 5.37. The first-order valence-corrected chi connectivity index (χ1v) is 12.4. The molecule has 8 heteroatoms. The van der Waals surface area contributed by atoms with Crippen molar-refractivity contribution in [3.05, 3.63) is 64.7 Å². The molecule has 6 rings (SSSR count). The highest BCUT2D eigenvalue weighted by molar-refractivity contribution is 5.72. The Labute approximate surface area is 209 Å². The normalized spacial score (nSPS) is 26.8. The second-order valence-corrected chi connectivity index (χ2v) is 10.7. The van der Waals surface area contributed by atoms with E-state index in [1.165, 1.54) is 12.1 Å². The van der Waals surface area contributed by atoms with Gasteiger partial charge in [-0.2, -0.15) is 13.2 Å². The van der Waals surface area contributed by atoms with E-state index in [4.69, 9.17) is 9.47 Å². The van der Waals surface area contributed by atoms with E-state index >= 15 is 0 Å². The number of fused-ring (bicyclic) bond motifs is 4. The molecular weight excluding hydrogens is 469 g/mol. The smallest absolute Gasteiger partial charge is 0.416 e. The van der Waals surface area contributed by atoms with E-state index in [-0.39, 0.29) is 17.6 Å². The molecule has 2 aromatic carbocycles. The molecule has 192 valence electrons. The summed E-state index contributed by atoms with van der Waals surface area (Å²) >= 11 is 0. The summed E-state index contributed by atoms with van der Waals surface area (Å²) in [6, 6.07) is 10.5. The van der Waals surface area contributed by atoms with Crippen LogP contribution in [0, 0.1) is 11.3 Å². The fourth-order valence-electron chi connectivity index (χ4n) is 5.37. The maximum absolute atomic E-state index is 12.9. The lowest BCUT2D eigenvalue weighted by Crippen LogP contribution is -2.53. The van der Waals surface area contributed by atoms with Crippen molar-refractivity contribution in [3.63, 3.8) is 0 Å². The summed E-state index contributed by atoms with van der Waals surface area (Å²) in [6.45, 7) is 7.50. The first-order valence-electron chi connectivity index (χ1n) is 12.4. The second-order valence-electron chi connectivity index (χ2n) is 10.7. The van der Waals surface area contributed by atoms with Crippen molar-refractivity contribution in [3.8, 4) is 5.75 Å². The second kappa shape index (κ2) is 9.47. The summed E-state index contributed by atoms with van der Waals surface area (Å²) in [7, 11) is 0. The van der Waals surface area contributed by atoms with Crippen LogP contribution >= 0.6 is 0 Å². The summed E-state index contributed by atoms with van der Waals surface area (Å²) < 4.78 is 50.2. The predicted molar refractivity (Wildman–Crippen MR) is 131 cm³/mol. The van der Waals surface area contributed by atoms with Crippen LogP contribution in [0.2, 0.25) is 0 Å². The molecule has 1 N–H and O–H groups in total. The molecule has 2 aromatic rings. The average Bonchev–Trinajstić information content (AvgIpc) is 2.85. The summed E-state index contributed by atoms with van der Waals surface area (Å²) in [6.07, 6.45) is 0.930. The molecule has 0 aliphatic carbocycles. The molecule has 2 atom stereocenters. The van der Waals surface area contributed by atoms with Crippen LogP contribution in [0.1, 0.15) is 55.0 Å². The number of benzene rings is 2. The van der Waals surface area contributed by atoms with Gasteiger partial charge in [-0.25, -0.2) is 4.79 Å². The number of carbonyl (C=O) groups is 1. The third kappa shape index (κ3) is 5.24. The van der Waals surface area contributed by atoms with Gasteiger partial charge in [0.05, 0.1) is 18.2 Å². The molecule has 0 aromatic heterocycles. The Bertz CT molecular complexity index is 1140. The molecule has 4 aliphatic rings. The van der Waals surface area contributed by atoms with Crippen molar-refractivity contribution < 1.29 is 27.4 Å². The average molecular weight is 501 g/mol. The summed E-state index contributed by atoms with van der Waals surface area (Å²) in [5, 5.41) is 3.10. The Morgan fingerprint density at radius 3 is 2.39 bits per heavy atom. The monoisotopic (exact) mass is 500 g/mol. The zero-order valence-corrected chi connectivity index (χ0v) is 20.5. The third-order valence-corrected chi connectivity index (χ3v) is 7.55. The van der Waals surface area contributed by atoms with Gasteiger partial charge in [-0.15, -0.1) is 0 Å². The van der Waals surface area contributed by atoms with Crippen LogP contribution in [0.4, 0.5) is 18.0 Å². The number of piperidine rings is 3. The van der Waals surface area contributed by atoms with Crippen LogP contribution in [0.3, 0.4) is 0 Å². The van der Waals surface area contributed by atoms with Crippen LogP contribution < -0.4 is 10.1 Å². The van der Waals surface area contributed by atoms with Crippen LogP contribution in [-0.4, -0.2) is 43.3 Å². The summed E-state index contributed by atoms with van der Waals surface area (Å²) in [4.78, 5) is 15.2. The minimum atomic E-state index is -4.35. The molecule has 0 saturated carbocycles. The number of amides is 1.